The molecule has 0 saturated carbocycles. The number of likely N-dealkylation sites (tertiary alicyclic amines) is 1. The number of hydrogen-bond acceptors (Lipinski definition) is 3. The molecular formula is C21H22N4O. The summed E-state index contributed by atoms with van der Waals surface area (Å²) in [4.78, 5) is 22.6. The number of hydrogen-bond donors (Lipinski definition) is 2. The molecule has 3 aromatic rings. The van der Waals surface area contributed by atoms with E-state index in [2.05, 4.69) is 39.1 Å². The molecule has 132 valence electrons. The molecule has 5 rings (SSSR count). The Kier molecular flexibility index (Phi) is 3.48. The average molecular weight is 346 g/mol. The fourth-order valence-electron chi connectivity index (χ4n) is 4.78. The molecule has 1 amide bonds. The minimum absolute atomic E-state index is 0.120. The Bertz CT molecular complexity index is 993. The number of imidazole rings is 1. The molecule has 5 nitrogen and oxygen atoms in total. The number of nitrogens with two attached hydrogens (primary N) is 1. The summed E-state index contributed by atoms with van der Waals surface area (Å²) in [7, 11) is 0. The monoisotopic (exact) mass is 346 g/mol. The van der Waals surface area contributed by atoms with Crippen LogP contribution in [0.4, 0.5) is 5.95 Å². The number of fused-ring (bicyclic) bond motifs is 4. The number of aromatic amines is 1. The lowest BCUT2D eigenvalue weighted by atomic mass is 9.74. The smallest absolute Gasteiger partial charge is 0.254 e. The first-order valence-corrected chi connectivity index (χ1v) is 9.35. The zero-order chi connectivity index (χ0) is 17.7. The van der Waals surface area contributed by atoms with Crippen molar-refractivity contribution in [1.82, 2.24) is 14.9 Å². The molecule has 5 heteroatoms. The summed E-state index contributed by atoms with van der Waals surface area (Å²) >= 11 is 0. The van der Waals surface area contributed by atoms with Crippen LogP contribution in [-0.4, -0.2) is 33.4 Å². The van der Waals surface area contributed by atoms with Crippen LogP contribution < -0.4 is 5.73 Å². The van der Waals surface area contributed by atoms with Gasteiger partial charge in [-0.2, -0.15) is 0 Å². The minimum atomic E-state index is 0.120. The van der Waals surface area contributed by atoms with Crippen LogP contribution in [-0.2, 0) is 6.42 Å². The lowest BCUT2D eigenvalue weighted by Crippen LogP contribution is -2.49. The van der Waals surface area contributed by atoms with Gasteiger partial charge in [0, 0.05) is 24.1 Å². The zero-order valence-corrected chi connectivity index (χ0v) is 14.6. The third kappa shape index (κ3) is 2.38. The van der Waals surface area contributed by atoms with E-state index in [4.69, 9.17) is 5.73 Å². The van der Waals surface area contributed by atoms with E-state index in [9.17, 15) is 4.79 Å². The van der Waals surface area contributed by atoms with Crippen molar-refractivity contribution in [2.45, 2.75) is 37.6 Å². The number of amides is 1. The van der Waals surface area contributed by atoms with Crippen molar-refractivity contribution < 1.29 is 4.79 Å². The maximum absolute atomic E-state index is 13.3. The largest absolute Gasteiger partial charge is 0.369 e. The van der Waals surface area contributed by atoms with Crippen LogP contribution in [0.2, 0.25) is 0 Å². The summed E-state index contributed by atoms with van der Waals surface area (Å²) < 4.78 is 0. The number of benzene rings is 2. The second-order valence-corrected chi connectivity index (χ2v) is 7.41. The van der Waals surface area contributed by atoms with Gasteiger partial charge < -0.3 is 15.6 Å². The molecule has 1 aromatic heterocycles. The van der Waals surface area contributed by atoms with Gasteiger partial charge >= 0.3 is 0 Å². The summed E-state index contributed by atoms with van der Waals surface area (Å²) in [6, 6.07) is 14.6. The molecule has 0 spiro atoms. The highest BCUT2D eigenvalue weighted by molar-refractivity contribution is 5.98. The number of aryl methyl sites for hydroxylation is 1. The standard InChI is InChI=1S/C21H22N4O/c22-21-23-17-9-7-14(12-18(17)24-21)20(26)25-11-3-6-16-15-5-2-1-4-13(15)8-10-19(16)25/h1-2,4-5,7,9,12,16,19H,3,6,8,10-11H2,(H3,22,23,24)/t16-,19+/m0/s1. The topological polar surface area (TPSA) is 75.0 Å². The van der Waals surface area contributed by atoms with Crippen molar-refractivity contribution in [1.29, 1.82) is 0 Å². The maximum atomic E-state index is 13.3. The molecule has 0 unspecified atom stereocenters. The summed E-state index contributed by atoms with van der Waals surface area (Å²) in [5.74, 6) is 0.963. The highest BCUT2D eigenvalue weighted by Crippen LogP contribution is 2.41. The molecule has 1 aliphatic carbocycles. The lowest BCUT2D eigenvalue weighted by Gasteiger charge is -2.45. The number of nitrogens with zero attached hydrogens (tertiary/aromatic N) is 2. The first kappa shape index (κ1) is 15.4. The van der Waals surface area contributed by atoms with Gasteiger partial charge in [-0.3, -0.25) is 4.79 Å². The van der Waals surface area contributed by atoms with Crippen molar-refractivity contribution in [2.24, 2.45) is 0 Å². The van der Waals surface area contributed by atoms with Crippen molar-refractivity contribution >= 4 is 22.9 Å². The second-order valence-electron chi connectivity index (χ2n) is 7.41. The number of nitrogen functional groups attached to an aromatic ring is 1. The van der Waals surface area contributed by atoms with Crippen LogP contribution in [0.15, 0.2) is 42.5 Å². The van der Waals surface area contributed by atoms with Gasteiger partial charge in [0.15, 0.2) is 5.95 Å². The summed E-state index contributed by atoms with van der Waals surface area (Å²) in [6.07, 6.45) is 4.33. The van der Waals surface area contributed by atoms with E-state index in [1.807, 2.05) is 18.2 Å². The average Bonchev–Trinajstić information content (AvgIpc) is 3.06. The number of aromatic nitrogens is 2. The van der Waals surface area contributed by atoms with E-state index in [0.29, 0.717) is 23.5 Å². The Balaban J connectivity index is 1.48. The molecule has 3 N–H and O–H groups in total. The first-order chi connectivity index (χ1) is 12.7. The van der Waals surface area contributed by atoms with Crippen LogP contribution in [0.1, 0.15) is 46.7 Å². The molecule has 2 aromatic carbocycles. The highest BCUT2D eigenvalue weighted by Gasteiger charge is 2.38. The second kappa shape index (κ2) is 5.87. The highest BCUT2D eigenvalue weighted by atomic mass is 16.2. The number of nitrogens with one attached hydrogen (secondary N) is 1. The molecule has 26 heavy (non-hydrogen) atoms. The Morgan fingerprint density at radius 1 is 1.19 bits per heavy atom. The third-order valence-electron chi connectivity index (χ3n) is 5.95. The zero-order valence-electron chi connectivity index (χ0n) is 14.6. The van der Waals surface area contributed by atoms with Crippen LogP contribution >= 0.6 is 0 Å². The maximum Gasteiger partial charge on any atom is 0.254 e. The normalized spacial score (nSPS) is 22.1. The Labute approximate surface area is 152 Å². The van der Waals surface area contributed by atoms with Crippen LogP contribution in [0.5, 0.6) is 0 Å². The van der Waals surface area contributed by atoms with Crippen molar-refractivity contribution in [3.05, 3.63) is 59.2 Å². The van der Waals surface area contributed by atoms with Crippen LogP contribution in [0, 0.1) is 0 Å². The van der Waals surface area contributed by atoms with E-state index in [1.54, 1.807) is 0 Å². The first-order valence-electron chi connectivity index (χ1n) is 9.35. The van der Waals surface area contributed by atoms with E-state index >= 15 is 0 Å². The SMILES string of the molecule is Nc1nc2ccc(C(=O)N3CCC[C@H]4c5ccccc5CC[C@H]43)cc2[nH]1. The molecule has 2 heterocycles. The Morgan fingerprint density at radius 2 is 2.08 bits per heavy atom. The van der Waals surface area contributed by atoms with E-state index in [0.717, 1.165) is 36.8 Å². The lowest BCUT2D eigenvalue weighted by molar-refractivity contribution is 0.0547. The molecule has 2 atom stereocenters. The molecule has 1 fully saturated rings. The van der Waals surface area contributed by atoms with Crippen molar-refractivity contribution in [3.63, 3.8) is 0 Å². The third-order valence-corrected chi connectivity index (χ3v) is 5.95. The summed E-state index contributed by atoms with van der Waals surface area (Å²) in [5, 5.41) is 0. The van der Waals surface area contributed by atoms with Gasteiger partial charge in [0.1, 0.15) is 0 Å². The summed E-state index contributed by atoms with van der Waals surface area (Å²) in [5.41, 5.74) is 10.9. The van der Waals surface area contributed by atoms with Crippen LogP contribution in [0.3, 0.4) is 0 Å². The van der Waals surface area contributed by atoms with Gasteiger partial charge in [0.05, 0.1) is 11.0 Å². The predicted molar refractivity (Wildman–Crippen MR) is 102 cm³/mol. The van der Waals surface area contributed by atoms with Gasteiger partial charge in [-0.15, -0.1) is 0 Å². The van der Waals surface area contributed by atoms with Gasteiger partial charge in [-0.05, 0) is 55.0 Å². The number of H-pyrrole nitrogens is 1. The van der Waals surface area contributed by atoms with Crippen LogP contribution in [0.25, 0.3) is 11.0 Å². The van der Waals surface area contributed by atoms with Gasteiger partial charge in [-0.25, -0.2) is 4.98 Å². The molecule has 0 bridgehead atoms. The van der Waals surface area contributed by atoms with Gasteiger partial charge in [0.2, 0.25) is 0 Å². The van der Waals surface area contributed by atoms with Crippen molar-refractivity contribution in [2.75, 3.05) is 12.3 Å². The number of anilines is 1. The Hall–Kier alpha value is -2.82. The molecular weight excluding hydrogens is 324 g/mol. The Morgan fingerprint density at radius 3 is 3.00 bits per heavy atom. The number of piperidine rings is 1. The number of carbonyl (C=O) groups is 1. The van der Waals surface area contributed by atoms with E-state index < -0.39 is 0 Å². The fourth-order valence-corrected chi connectivity index (χ4v) is 4.78. The fraction of sp³-hybridized carbons (Fsp3) is 0.333. The van der Waals surface area contributed by atoms with E-state index in [1.165, 1.54) is 17.5 Å². The molecule has 1 saturated heterocycles. The van der Waals surface area contributed by atoms with Gasteiger partial charge in [0.25, 0.3) is 5.91 Å². The summed E-state index contributed by atoms with van der Waals surface area (Å²) in [6.45, 7) is 0.839. The molecule has 2 aliphatic rings. The molecule has 1 aliphatic heterocycles. The quantitative estimate of drug-likeness (QED) is 0.708. The minimum Gasteiger partial charge on any atom is -0.369 e. The van der Waals surface area contributed by atoms with E-state index in [-0.39, 0.29) is 5.91 Å². The molecule has 0 radical (unpaired) electrons. The number of carbonyl (C=O) groups excluding carboxylic acids is 1. The predicted octanol–water partition coefficient (Wildman–Crippen LogP) is 3.48. The number of rotatable bonds is 1. The van der Waals surface area contributed by atoms with Gasteiger partial charge in [-0.1, -0.05) is 24.3 Å². The van der Waals surface area contributed by atoms with Crippen molar-refractivity contribution in [3.8, 4) is 0 Å².